The Morgan fingerprint density at radius 3 is 1.75 bits per heavy atom. The summed E-state index contributed by atoms with van der Waals surface area (Å²) in [6, 6.07) is 66.3. The summed E-state index contributed by atoms with van der Waals surface area (Å²) in [7, 11) is 0. The van der Waals surface area contributed by atoms with Gasteiger partial charge < -0.3 is 0 Å². The molecule has 5 heteroatoms. The predicted molar refractivity (Wildman–Crippen MR) is 223 cm³/mol. The van der Waals surface area contributed by atoms with Gasteiger partial charge in [-0.2, -0.15) is 0 Å². The third-order valence-corrected chi connectivity index (χ3v) is 12.0. The number of nitrogens with zero attached hydrogens (tertiary/aromatic N) is 2. The molecule has 3 nitrogen and oxygen atoms in total. The molecule has 8 aromatic carbocycles. The van der Waals surface area contributed by atoms with Crippen LogP contribution in [0.5, 0.6) is 11.5 Å². The van der Waals surface area contributed by atoms with Crippen LogP contribution in [0.3, 0.4) is 0 Å². The summed E-state index contributed by atoms with van der Waals surface area (Å²) in [6.45, 7) is -0.152. The van der Waals surface area contributed by atoms with Crippen LogP contribution in [0.25, 0.3) is 60.9 Å². The van der Waals surface area contributed by atoms with Gasteiger partial charge in [-0.25, -0.2) is 0 Å². The molecule has 0 saturated carbocycles. The molecule has 0 N–H and O–H groups in total. The average Bonchev–Trinajstić information content (AvgIpc) is 3.56. The first-order chi connectivity index (χ1) is 26.2. The molecule has 9 aromatic rings. The van der Waals surface area contributed by atoms with Gasteiger partial charge in [0, 0.05) is 0 Å². The van der Waals surface area contributed by atoms with Gasteiger partial charge in [0.05, 0.1) is 0 Å². The van der Waals surface area contributed by atoms with E-state index < -0.39 is 0 Å². The summed E-state index contributed by atoms with van der Waals surface area (Å²) in [5.41, 5.74) is 15.3. The molecule has 1 aromatic heterocycles. The molecule has 0 bridgehead atoms. The molecule has 0 atom stereocenters. The standard InChI is InChI=1S/C48H30BN2O.Pb/c1-4-16-32(17-5-1)35-30-39(34-20-8-3-9-21-34)48-45(31-35)52-44-29-15-23-36(33-18-6-2-7-19-33)47(44)51(48)49-40-25-11-13-28-43(40)50-42-27-12-10-22-37(42)38-24-14-26-41(49)46(38)50;/h1-14,16-31H;. The van der Waals surface area contributed by atoms with Gasteiger partial charge in [-0.05, 0) is 0 Å². The van der Waals surface area contributed by atoms with Crippen molar-refractivity contribution in [1.82, 2.24) is 4.57 Å². The SMILES string of the molecule is [Pb][c]1cc2c(c(-c3ccccc3)c1)N(B1c3ccccc3-n3c4ccccc4c4cccc1c43)c1c(cc(-c3ccccc3)cc1-c1ccccc1)O2. The van der Waals surface area contributed by atoms with Gasteiger partial charge in [0.2, 0.25) is 0 Å². The summed E-state index contributed by atoms with van der Waals surface area (Å²) in [6.07, 6.45) is 0. The third-order valence-electron chi connectivity index (χ3n) is 10.9. The fraction of sp³-hybridized carbons (Fsp3) is 0. The quantitative estimate of drug-likeness (QED) is 0.164. The van der Waals surface area contributed by atoms with E-state index in [4.69, 9.17) is 4.74 Å². The van der Waals surface area contributed by atoms with Crippen LogP contribution in [0.1, 0.15) is 0 Å². The summed E-state index contributed by atoms with van der Waals surface area (Å²) >= 11 is 0.895. The maximum atomic E-state index is 7.22. The molecule has 53 heavy (non-hydrogen) atoms. The molecule has 2 aliphatic heterocycles. The summed E-state index contributed by atoms with van der Waals surface area (Å²) < 4.78 is 11.0. The Labute approximate surface area is 324 Å². The van der Waals surface area contributed by atoms with E-state index in [0.717, 1.165) is 70.9 Å². The second-order valence-electron chi connectivity index (χ2n) is 13.9. The van der Waals surface area contributed by atoms with Gasteiger partial charge >= 0.3 is 327 Å². The van der Waals surface area contributed by atoms with Crippen LogP contribution in [0.15, 0.2) is 182 Å². The molecule has 3 radical (unpaired) electrons. The van der Waals surface area contributed by atoms with Crippen LogP contribution in [0.4, 0.5) is 11.4 Å². The van der Waals surface area contributed by atoms with Crippen molar-refractivity contribution in [2.75, 3.05) is 4.81 Å². The Balaban J connectivity index is 1.30. The Morgan fingerprint density at radius 1 is 0.453 bits per heavy atom. The third kappa shape index (κ3) is 4.71. The zero-order chi connectivity index (χ0) is 35.0. The number of rotatable bonds is 4. The Morgan fingerprint density at radius 2 is 1.02 bits per heavy atom. The summed E-state index contributed by atoms with van der Waals surface area (Å²) in [5.74, 6) is 1.75. The van der Waals surface area contributed by atoms with Gasteiger partial charge in [0.1, 0.15) is 0 Å². The molecule has 3 heterocycles. The number of hydrogen-bond donors (Lipinski definition) is 0. The molecular weight excluding hydrogens is 839 g/mol. The van der Waals surface area contributed by atoms with Crippen molar-refractivity contribution in [3.63, 3.8) is 0 Å². The molecule has 245 valence electrons. The molecule has 0 unspecified atom stereocenters. The number of para-hydroxylation sites is 3. The molecule has 0 fully saturated rings. The first kappa shape index (κ1) is 30.7. The minimum absolute atomic E-state index is 0.152. The van der Waals surface area contributed by atoms with Crippen LogP contribution in [0.2, 0.25) is 0 Å². The van der Waals surface area contributed by atoms with Crippen molar-refractivity contribution in [2.24, 2.45) is 0 Å². The van der Waals surface area contributed by atoms with Crippen LogP contribution < -0.4 is 23.6 Å². The molecule has 0 aliphatic carbocycles. The molecule has 2 aliphatic rings. The van der Waals surface area contributed by atoms with Gasteiger partial charge in [-0.1, -0.05) is 0 Å². The second-order valence-corrected chi connectivity index (χ2v) is 16.1. The van der Waals surface area contributed by atoms with Crippen molar-refractivity contribution >= 4 is 79.8 Å². The minimum atomic E-state index is -0.152. The number of aromatic nitrogens is 1. The topological polar surface area (TPSA) is 17.4 Å². The maximum absolute atomic E-state index is 7.22. The van der Waals surface area contributed by atoms with Crippen LogP contribution in [0, 0.1) is 0 Å². The zero-order valence-corrected chi connectivity index (χ0v) is 32.6. The zero-order valence-electron chi connectivity index (χ0n) is 28.7. The molecule has 0 spiro atoms. The van der Waals surface area contributed by atoms with E-state index in [2.05, 4.69) is 191 Å². The first-order valence-electron chi connectivity index (χ1n) is 18.1. The number of anilines is 2. The van der Waals surface area contributed by atoms with E-state index in [1.165, 1.54) is 52.7 Å². The van der Waals surface area contributed by atoms with Gasteiger partial charge in [-0.3, -0.25) is 0 Å². The summed E-state index contributed by atoms with van der Waals surface area (Å²) in [5, 5.41) is 2.54. The number of benzene rings is 8. The Kier molecular flexibility index (Phi) is 7.02. The number of hydrogen-bond acceptors (Lipinski definition) is 2. The van der Waals surface area contributed by atoms with Crippen molar-refractivity contribution in [1.29, 1.82) is 0 Å². The first-order valence-corrected chi connectivity index (χ1v) is 20.0. The molecule has 11 rings (SSSR count). The van der Waals surface area contributed by atoms with E-state index in [9.17, 15) is 0 Å². The van der Waals surface area contributed by atoms with Gasteiger partial charge in [-0.15, -0.1) is 0 Å². The molecule has 0 saturated heterocycles. The average molecular weight is 869 g/mol. The van der Waals surface area contributed by atoms with Gasteiger partial charge in [0.15, 0.2) is 0 Å². The second kappa shape index (κ2) is 12.1. The van der Waals surface area contributed by atoms with Crippen molar-refractivity contribution in [3.8, 4) is 50.6 Å². The fourth-order valence-electron chi connectivity index (χ4n) is 8.71. The number of ether oxygens (including phenoxy) is 1. The Bertz CT molecular complexity index is 2890. The van der Waals surface area contributed by atoms with E-state index in [1.54, 1.807) is 0 Å². The van der Waals surface area contributed by atoms with E-state index in [-0.39, 0.29) is 6.85 Å². The van der Waals surface area contributed by atoms with E-state index in [1.807, 2.05) is 0 Å². The predicted octanol–water partition coefficient (Wildman–Crippen LogP) is 9.94. The van der Waals surface area contributed by atoms with Crippen molar-refractivity contribution < 1.29 is 4.74 Å². The van der Waals surface area contributed by atoms with Crippen LogP contribution in [-0.2, 0) is 0 Å². The van der Waals surface area contributed by atoms with Crippen molar-refractivity contribution in [3.05, 3.63) is 182 Å². The van der Waals surface area contributed by atoms with Crippen molar-refractivity contribution in [2.45, 2.75) is 0 Å². The monoisotopic (exact) mass is 869 g/mol. The van der Waals surface area contributed by atoms with E-state index >= 15 is 0 Å². The normalized spacial score (nSPS) is 12.7. The Hall–Kier alpha value is -5.85. The molecule has 0 amide bonds. The van der Waals surface area contributed by atoms with Gasteiger partial charge in [0.25, 0.3) is 0 Å². The fourth-order valence-corrected chi connectivity index (χ4v) is 9.78. The van der Waals surface area contributed by atoms with Crippen LogP contribution >= 0.6 is 0 Å². The summed E-state index contributed by atoms with van der Waals surface area (Å²) in [4.78, 5) is 2.63. The van der Waals surface area contributed by atoms with Crippen LogP contribution in [-0.4, -0.2) is 37.2 Å². The number of fused-ring (bicyclic) bond motifs is 7. The van der Waals surface area contributed by atoms with E-state index in [0.29, 0.717) is 0 Å². The molecular formula is C48H30BN2OPb.